The Balaban J connectivity index is 1.74. The molecular formula is C16H17N3O. The molecule has 0 unspecified atom stereocenters. The minimum atomic E-state index is 0.219. The van der Waals surface area contributed by atoms with Crippen LogP contribution in [-0.4, -0.2) is 11.2 Å². The number of nitrogens with zero attached hydrogens (tertiary/aromatic N) is 2. The Morgan fingerprint density at radius 2 is 2.25 bits per heavy atom. The smallest absolute Gasteiger partial charge is 0.124 e. The zero-order chi connectivity index (χ0) is 14.1. The van der Waals surface area contributed by atoms with Crippen LogP contribution in [0.3, 0.4) is 0 Å². The van der Waals surface area contributed by atoms with Crippen molar-refractivity contribution in [2.45, 2.75) is 19.5 Å². The van der Waals surface area contributed by atoms with E-state index >= 15 is 0 Å². The fraction of sp³-hybridized carbons (Fsp3) is 0.312. The first-order chi connectivity index (χ1) is 9.70. The van der Waals surface area contributed by atoms with Gasteiger partial charge in [0, 0.05) is 24.8 Å². The molecule has 102 valence electrons. The van der Waals surface area contributed by atoms with E-state index in [-0.39, 0.29) is 6.04 Å². The maximum atomic E-state index is 9.05. The van der Waals surface area contributed by atoms with Crippen LogP contribution in [0.25, 0.3) is 0 Å². The van der Waals surface area contributed by atoms with Crippen molar-refractivity contribution >= 4 is 0 Å². The van der Waals surface area contributed by atoms with Crippen molar-refractivity contribution in [1.29, 1.82) is 5.26 Å². The van der Waals surface area contributed by atoms with E-state index in [0.717, 1.165) is 23.6 Å². The number of nitrogens with one attached hydrogen (secondary N) is 1. The Labute approximate surface area is 118 Å². The minimum absolute atomic E-state index is 0.219. The number of benzene rings is 1. The topological polar surface area (TPSA) is 50.0 Å². The Kier molecular flexibility index (Phi) is 3.21. The Morgan fingerprint density at radius 3 is 3.00 bits per heavy atom. The first kappa shape index (κ1) is 12.8. The molecule has 1 aromatic carbocycles. The second kappa shape index (κ2) is 5.03. The van der Waals surface area contributed by atoms with Crippen molar-refractivity contribution in [3.05, 3.63) is 52.8 Å². The summed E-state index contributed by atoms with van der Waals surface area (Å²) in [7, 11) is 1.92. The molecule has 1 aromatic heterocycles. The average molecular weight is 267 g/mol. The number of hydrogen-bond acceptors (Lipinski definition) is 3. The number of ether oxygens (including phenoxy) is 1. The van der Waals surface area contributed by atoms with E-state index < -0.39 is 0 Å². The predicted molar refractivity (Wildman–Crippen MR) is 76.4 cm³/mol. The van der Waals surface area contributed by atoms with Crippen LogP contribution in [0.15, 0.2) is 30.3 Å². The second-order valence-corrected chi connectivity index (χ2v) is 5.09. The van der Waals surface area contributed by atoms with Gasteiger partial charge in [0.05, 0.1) is 6.04 Å². The summed E-state index contributed by atoms with van der Waals surface area (Å²) in [5.41, 5.74) is 4.19. The molecule has 0 aliphatic carbocycles. The summed E-state index contributed by atoms with van der Waals surface area (Å²) in [6.07, 6.45) is 0. The molecule has 0 saturated heterocycles. The number of fused-ring (bicyclic) bond motifs is 1. The number of aromatic nitrogens is 1. The van der Waals surface area contributed by atoms with Gasteiger partial charge in [-0.25, -0.2) is 0 Å². The molecule has 20 heavy (non-hydrogen) atoms. The quantitative estimate of drug-likeness (QED) is 0.929. The third-order valence-corrected chi connectivity index (χ3v) is 3.99. The van der Waals surface area contributed by atoms with E-state index in [1.807, 2.05) is 42.8 Å². The van der Waals surface area contributed by atoms with E-state index in [0.29, 0.717) is 12.3 Å². The molecule has 2 heterocycles. The molecule has 0 fully saturated rings. The van der Waals surface area contributed by atoms with Crippen LogP contribution in [0.5, 0.6) is 5.75 Å². The van der Waals surface area contributed by atoms with Crippen molar-refractivity contribution < 1.29 is 4.74 Å². The van der Waals surface area contributed by atoms with Gasteiger partial charge in [-0.1, -0.05) is 18.2 Å². The highest BCUT2D eigenvalue weighted by Gasteiger charge is 2.23. The lowest BCUT2D eigenvalue weighted by molar-refractivity contribution is 0.310. The van der Waals surface area contributed by atoms with Gasteiger partial charge in [0.1, 0.15) is 24.1 Å². The lowest BCUT2D eigenvalue weighted by atomic mass is 10.1. The molecule has 4 heteroatoms. The van der Waals surface area contributed by atoms with Crippen LogP contribution in [0.1, 0.15) is 28.6 Å². The molecule has 0 spiro atoms. The summed E-state index contributed by atoms with van der Waals surface area (Å²) in [4.78, 5) is 0. The third kappa shape index (κ3) is 2.06. The highest BCUT2D eigenvalue weighted by atomic mass is 16.5. The van der Waals surface area contributed by atoms with Crippen LogP contribution >= 0.6 is 0 Å². The normalized spacial score (nSPS) is 16.6. The Bertz CT molecular complexity index is 682. The van der Waals surface area contributed by atoms with Crippen LogP contribution in [0.4, 0.5) is 0 Å². The fourth-order valence-electron chi connectivity index (χ4n) is 2.61. The van der Waals surface area contributed by atoms with E-state index in [9.17, 15) is 0 Å². The lowest BCUT2D eigenvalue weighted by Crippen LogP contribution is -2.22. The fourth-order valence-corrected chi connectivity index (χ4v) is 2.61. The van der Waals surface area contributed by atoms with E-state index in [2.05, 4.69) is 17.5 Å². The third-order valence-electron chi connectivity index (χ3n) is 3.99. The molecule has 1 aliphatic heterocycles. The standard InChI is InChI=1S/C16H17N3O/c1-11-12(7-13(8-17)19(11)2)9-18-15-10-20-16-6-4-3-5-14(15)16/h3-7,15,18H,9-10H2,1-2H3/t15-/m1/s1. The van der Waals surface area contributed by atoms with Crippen molar-refractivity contribution in [1.82, 2.24) is 9.88 Å². The molecule has 2 aromatic rings. The summed E-state index contributed by atoms with van der Waals surface area (Å²) >= 11 is 0. The molecule has 0 bridgehead atoms. The van der Waals surface area contributed by atoms with Crippen LogP contribution in [0.2, 0.25) is 0 Å². The predicted octanol–water partition coefficient (Wildman–Crippen LogP) is 2.43. The van der Waals surface area contributed by atoms with Crippen LogP contribution < -0.4 is 10.1 Å². The summed E-state index contributed by atoms with van der Waals surface area (Å²) in [6, 6.07) is 12.5. The molecule has 1 N–H and O–H groups in total. The number of rotatable bonds is 3. The van der Waals surface area contributed by atoms with Gasteiger partial charge in [-0.05, 0) is 24.6 Å². The average Bonchev–Trinajstić information content (AvgIpc) is 3.00. The molecule has 3 rings (SSSR count). The van der Waals surface area contributed by atoms with Gasteiger partial charge in [-0.2, -0.15) is 5.26 Å². The lowest BCUT2D eigenvalue weighted by Gasteiger charge is -2.11. The van der Waals surface area contributed by atoms with E-state index in [4.69, 9.17) is 10.00 Å². The van der Waals surface area contributed by atoms with Crippen LogP contribution in [0, 0.1) is 18.3 Å². The first-order valence-electron chi connectivity index (χ1n) is 6.71. The molecule has 0 saturated carbocycles. The first-order valence-corrected chi connectivity index (χ1v) is 6.71. The maximum Gasteiger partial charge on any atom is 0.124 e. The Morgan fingerprint density at radius 1 is 1.45 bits per heavy atom. The highest BCUT2D eigenvalue weighted by molar-refractivity contribution is 5.39. The van der Waals surface area contributed by atoms with Crippen molar-refractivity contribution in [2.75, 3.05) is 6.61 Å². The van der Waals surface area contributed by atoms with Crippen molar-refractivity contribution in [2.24, 2.45) is 7.05 Å². The summed E-state index contributed by atoms with van der Waals surface area (Å²) in [5, 5.41) is 12.6. The van der Waals surface area contributed by atoms with Gasteiger partial charge in [-0.3, -0.25) is 0 Å². The molecule has 0 radical (unpaired) electrons. The molecule has 1 atom stereocenters. The van der Waals surface area contributed by atoms with Crippen molar-refractivity contribution in [3.8, 4) is 11.8 Å². The maximum absolute atomic E-state index is 9.05. The number of nitriles is 1. The van der Waals surface area contributed by atoms with Gasteiger partial charge in [0.25, 0.3) is 0 Å². The van der Waals surface area contributed by atoms with Gasteiger partial charge < -0.3 is 14.6 Å². The SMILES string of the molecule is Cc1c(CN[C@@H]2COc3ccccc32)cc(C#N)n1C. The number of hydrogen-bond donors (Lipinski definition) is 1. The molecule has 1 aliphatic rings. The zero-order valence-corrected chi connectivity index (χ0v) is 11.7. The van der Waals surface area contributed by atoms with Gasteiger partial charge in [0.15, 0.2) is 0 Å². The highest BCUT2D eigenvalue weighted by Crippen LogP contribution is 2.31. The van der Waals surface area contributed by atoms with E-state index in [1.54, 1.807) is 0 Å². The molecule has 0 amide bonds. The summed E-state index contributed by atoms with van der Waals surface area (Å²) in [5.74, 6) is 0.965. The van der Waals surface area contributed by atoms with Crippen LogP contribution in [-0.2, 0) is 13.6 Å². The number of para-hydroxylation sites is 1. The molecular weight excluding hydrogens is 250 g/mol. The summed E-state index contributed by atoms with van der Waals surface area (Å²) in [6.45, 7) is 3.44. The minimum Gasteiger partial charge on any atom is -0.491 e. The Hall–Kier alpha value is -2.25. The molecule has 4 nitrogen and oxygen atoms in total. The monoisotopic (exact) mass is 267 g/mol. The van der Waals surface area contributed by atoms with E-state index in [1.165, 1.54) is 5.56 Å². The second-order valence-electron chi connectivity index (χ2n) is 5.09. The zero-order valence-electron chi connectivity index (χ0n) is 11.7. The summed E-state index contributed by atoms with van der Waals surface area (Å²) < 4.78 is 7.59. The largest absolute Gasteiger partial charge is 0.491 e. The van der Waals surface area contributed by atoms with Gasteiger partial charge in [0.2, 0.25) is 0 Å². The van der Waals surface area contributed by atoms with Gasteiger partial charge >= 0.3 is 0 Å². The van der Waals surface area contributed by atoms with Gasteiger partial charge in [-0.15, -0.1) is 0 Å². The van der Waals surface area contributed by atoms with Crippen molar-refractivity contribution in [3.63, 3.8) is 0 Å².